The molecule has 0 atom stereocenters. The van der Waals surface area contributed by atoms with Gasteiger partial charge in [0, 0.05) is 6.20 Å². The maximum absolute atomic E-state index is 5.40. The van der Waals surface area contributed by atoms with Gasteiger partial charge >= 0.3 is 0 Å². The zero-order valence-electron chi connectivity index (χ0n) is 9.90. The fraction of sp³-hybridized carbons (Fsp3) is 0.364. The highest BCUT2D eigenvalue weighted by Crippen LogP contribution is 2.20. The van der Waals surface area contributed by atoms with Crippen LogP contribution in [0.2, 0.25) is 0 Å². The summed E-state index contributed by atoms with van der Waals surface area (Å²) in [7, 11) is 0. The van der Waals surface area contributed by atoms with E-state index < -0.39 is 0 Å². The van der Waals surface area contributed by atoms with Crippen molar-refractivity contribution in [3.8, 4) is 5.88 Å². The number of ether oxygens (including phenoxy) is 1. The van der Waals surface area contributed by atoms with Gasteiger partial charge in [0.15, 0.2) is 0 Å². The van der Waals surface area contributed by atoms with Crippen LogP contribution in [0.15, 0.2) is 18.9 Å². The first kappa shape index (κ1) is 11.4. The van der Waals surface area contributed by atoms with Gasteiger partial charge in [-0.3, -0.25) is 0 Å². The molecule has 2 aromatic rings. The Morgan fingerprint density at radius 2 is 2.29 bits per heavy atom. The van der Waals surface area contributed by atoms with Crippen LogP contribution in [0.3, 0.4) is 0 Å². The Morgan fingerprint density at radius 1 is 1.41 bits per heavy atom. The molecule has 0 aliphatic heterocycles. The zero-order valence-corrected chi connectivity index (χ0v) is 9.90. The Bertz CT molecular complexity index is 469. The predicted molar refractivity (Wildman–Crippen MR) is 63.9 cm³/mol. The molecule has 90 valence electrons. The third kappa shape index (κ3) is 2.72. The van der Waals surface area contributed by atoms with Crippen molar-refractivity contribution in [3.05, 3.63) is 30.1 Å². The number of rotatable bonds is 5. The van der Waals surface area contributed by atoms with Crippen LogP contribution in [0.25, 0.3) is 0 Å². The normalized spacial score (nSPS) is 10.2. The second-order valence-corrected chi connectivity index (χ2v) is 3.52. The van der Waals surface area contributed by atoms with E-state index in [1.807, 2.05) is 13.8 Å². The summed E-state index contributed by atoms with van der Waals surface area (Å²) in [5, 5.41) is 3.21. The number of aromatic amines is 1. The van der Waals surface area contributed by atoms with Gasteiger partial charge < -0.3 is 15.0 Å². The summed E-state index contributed by atoms with van der Waals surface area (Å²) in [4.78, 5) is 15.2. The van der Waals surface area contributed by atoms with E-state index in [4.69, 9.17) is 4.74 Å². The molecule has 17 heavy (non-hydrogen) atoms. The molecule has 0 saturated carbocycles. The van der Waals surface area contributed by atoms with Crippen molar-refractivity contribution in [3.63, 3.8) is 0 Å². The number of H-pyrrole nitrogens is 1. The molecule has 2 aromatic heterocycles. The molecule has 2 rings (SSSR count). The van der Waals surface area contributed by atoms with E-state index >= 15 is 0 Å². The summed E-state index contributed by atoms with van der Waals surface area (Å²) in [6.45, 7) is 5.10. The second-order valence-electron chi connectivity index (χ2n) is 3.52. The van der Waals surface area contributed by atoms with Gasteiger partial charge in [0.05, 0.1) is 30.7 Å². The lowest BCUT2D eigenvalue weighted by molar-refractivity contribution is 0.324. The van der Waals surface area contributed by atoms with E-state index in [1.54, 1.807) is 12.5 Å². The lowest BCUT2D eigenvalue weighted by Gasteiger charge is -2.10. The summed E-state index contributed by atoms with van der Waals surface area (Å²) in [6.07, 6.45) is 4.91. The number of anilines is 1. The Balaban J connectivity index is 2.07. The number of nitrogens with one attached hydrogen (secondary N) is 2. The summed E-state index contributed by atoms with van der Waals surface area (Å²) < 4.78 is 5.40. The SMILES string of the molecule is CCOc1ncnc(NCc2cnc[nH]2)c1C. The summed E-state index contributed by atoms with van der Waals surface area (Å²) >= 11 is 0. The molecule has 0 bridgehead atoms. The van der Waals surface area contributed by atoms with Crippen molar-refractivity contribution >= 4 is 5.82 Å². The highest BCUT2D eigenvalue weighted by molar-refractivity contribution is 5.47. The quantitative estimate of drug-likeness (QED) is 0.818. The van der Waals surface area contributed by atoms with E-state index in [0.29, 0.717) is 19.0 Å². The predicted octanol–water partition coefficient (Wildman–Crippen LogP) is 1.52. The summed E-state index contributed by atoms with van der Waals surface area (Å²) in [6, 6.07) is 0. The topological polar surface area (TPSA) is 75.7 Å². The van der Waals surface area contributed by atoms with Crippen LogP contribution in [0, 0.1) is 6.92 Å². The van der Waals surface area contributed by atoms with Crippen LogP contribution < -0.4 is 10.1 Å². The minimum Gasteiger partial charge on any atom is -0.478 e. The maximum Gasteiger partial charge on any atom is 0.221 e. The van der Waals surface area contributed by atoms with E-state index in [2.05, 4.69) is 25.3 Å². The fourth-order valence-electron chi connectivity index (χ4n) is 1.45. The minimum absolute atomic E-state index is 0.595. The highest BCUT2D eigenvalue weighted by atomic mass is 16.5. The van der Waals surface area contributed by atoms with Crippen molar-refractivity contribution in [2.75, 3.05) is 11.9 Å². The lowest BCUT2D eigenvalue weighted by Crippen LogP contribution is -2.06. The number of imidazole rings is 1. The van der Waals surface area contributed by atoms with Crippen LogP contribution in [0.1, 0.15) is 18.2 Å². The number of aromatic nitrogens is 4. The number of hydrogen-bond donors (Lipinski definition) is 2. The van der Waals surface area contributed by atoms with Gasteiger partial charge in [-0.2, -0.15) is 0 Å². The molecule has 0 aliphatic rings. The first-order valence-corrected chi connectivity index (χ1v) is 5.46. The van der Waals surface area contributed by atoms with Crippen molar-refractivity contribution in [1.82, 2.24) is 19.9 Å². The smallest absolute Gasteiger partial charge is 0.221 e. The summed E-state index contributed by atoms with van der Waals surface area (Å²) in [5.41, 5.74) is 1.91. The van der Waals surface area contributed by atoms with Crippen molar-refractivity contribution < 1.29 is 4.74 Å². The lowest BCUT2D eigenvalue weighted by atomic mass is 10.3. The Kier molecular flexibility index (Phi) is 3.54. The maximum atomic E-state index is 5.40. The average Bonchev–Trinajstić information content (AvgIpc) is 2.83. The number of nitrogens with zero attached hydrogens (tertiary/aromatic N) is 3. The van der Waals surface area contributed by atoms with Crippen molar-refractivity contribution in [2.45, 2.75) is 20.4 Å². The first-order chi connectivity index (χ1) is 8.31. The Labute approximate surface area is 99.5 Å². The highest BCUT2D eigenvalue weighted by Gasteiger charge is 2.07. The molecule has 0 spiro atoms. The van der Waals surface area contributed by atoms with Crippen molar-refractivity contribution in [1.29, 1.82) is 0 Å². The third-order valence-corrected chi connectivity index (χ3v) is 2.32. The molecule has 0 radical (unpaired) electrons. The molecular formula is C11H15N5O. The minimum atomic E-state index is 0.595. The third-order valence-electron chi connectivity index (χ3n) is 2.32. The summed E-state index contributed by atoms with van der Waals surface area (Å²) in [5.74, 6) is 1.40. The van der Waals surface area contributed by atoms with E-state index in [0.717, 1.165) is 17.1 Å². The molecule has 2 heterocycles. The fourth-order valence-corrected chi connectivity index (χ4v) is 1.45. The Morgan fingerprint density at radius 3 is 3.00 bits per heavy atom. The van der Waals surface area contributed by atoms with Gasteiger partial charge in [-0.05, 0) is 13.8 Å². The average molecular weight is 233 g/mol. The van der Waals surface area contributed by atoms with E-state index in [1.165, 1.54) is 6.33 Å². The van der Waals surface area contributed by atoms with Gasteiger partial charge in [0.2, 0.25) is 5.88 Å². The molecule has 0 fully saturated rings. The molecule has 6 nitrogen and oxygen atoms in total. The monoisotopic (exact) mass is 233 g/mol. The molecule has 2 N–H and O–H groups in total. The Hall–Kier alpha value is -2.11. The van der Waals surface area contributed by atoms with Crippen LogP contribution in [0.4, 0.5) is 5.82 Å². The van der Waals surface area contributed by atoms with Crippen molar-refractivity contribution in [2.24, 2.45) is 0 Å². The second kappa shape index (κ2) is 5.29. The molecular weight excluding hydrogens is 218 g/mol. The zero-order chi connectivity index (χ0) is 12.1. The van der Waals surface area contributed by atoms with Crippen LogP contribution in [-0.2, 0) is 6.54 Å². The van der Waals surface area contributed by atoms with Crippen LogP contribution in [-0.4, -0.2) is 26.5 Å². The van der Waals surface area contributed by atoms with Gasteiger partial charge in [0.25, 0.3) is 0 Å². The molecule has 0 aliphatic carbocycles. The van der Waals surface area contributed by atoms with E-state index in [-0.39, 0.29) is 0 Å². The molecule has 6 heteroatoms. The molecule has 0 amide bonds. The molecule has 0 aromatic carbocycles. The van der Waals surface area contributed by atoms with Gasteiger partial charge in [-0.25, -0.2) is 15.0 Å². The molecule has 0 saturated heterocycles. The van der Waals surface area contributed by atoms with Crippen LogP contribution in [0.5, 0.6) is 5.88 Å². The largest absolute Gasteiger partial charge is 0.478 e. The van der Waals surface area contributed by atoms with Gasteiger partial charge in [-0.1, -0.05) is 0 Å². The molecule has 0 unspecified atom stereocenters. The van der Waals surface area contributed by atoms with Gasteiger partial charge in [-0.15, -0.1) is 0 Å². The van der Waals surface area contributed by atoms with E-state index in [9.17, 15) is 0 Å². The number of hydrogen-bond acceptors (Lipinski definition) is 5. The standard InChI is InChI=1S/C11H15N5O/c1-3-17-11-8(2)10(15-7-16-11)13-5-9-4-12-6-14-9/h4,6-7H,3,5H2,1-2H3,(H,12,14)(H,13,15,16). The first-order valence-electron chi connectivity index (χ1n) is 5.46. The van der Waals surface area contributed by atoms with Crippen LogP contribution >= 0.6 is 0 Å². The van der Waals surface area contributed by atoms with Gasteiger partial charge in [0.1, 0.15) is 12.1 Å².